The predicted octanol–water partition coefficient (Wildman–Crippen LogP) is 0.543. The Kier molecular flexibility index (Phi) is 3.56. The van der Waals surface area contributed by atoms with Crippen molar-refractivity contribution in [1.82, 2.24) is 10.6 Å². The van der Waals surface area contributed by atoms with Gasteiger partial charge >= 0.3 is 0 Å². The summed E-state index contributed by atoms with van der Waals surface area (Å²) in [4.78, 5) is 23.8. The molecule has 1 aromatic rings. The van der Waals surface area contributed by atoms with E-state index >= 15 is 0 Å². The largest absolute Gasteiger partial charge is 0.355 e. The van der Waals surface area contributed by atoms with Crippen LogP contribution in [-0.4, -0.2) is 24.9 Å². The Morgan fingerprint density at radius 1 is 1.62 bits per heavy atom. The Labute approximate surface area is 98.0 Å². The normalized spacial score (nSPS) is 19.5. The number of thiophene rings is 1. The third-order valence-corrected chi connectivity index (χ3v) is 3.54. The van der Waals surface area contributed by atoms with E-state index in [0.717, 1.165) is 6.42 Å². The van der Waals surface area contributed by atoms with Crippen LogP contribution in [0.1, 0.15) is 11.3 Å². The van der Waals surface area contributed by atoms with Crippen molar-refractivity contribution in [2.45, 2.75) is 12.8 Å². The molecule has 0 radical (unpaired) electrons. The second-order valence-corrected chi connectivity index (χ2v) is 4.86. The summed E-state index contributed by atoms with van der Waals surface area (Å²) in [5, 5.41) is 7.54. The number of hydrogen-bond acceptors (Lipinski definition) is 3. The van der Waals surface area contributed by atoms with Crippen LogP contribution in [0.3, 0.4) is 0 Å². The van der Waals surface area contributed by atoms with Gasteiger partial charge in [0.15, 0.2) is 0 Å². The molecule has 2 amide bonds. The first kappa shape index (κ1) is 11.1. The maximum atomic E-state index is 11.6. The zero-order valence-electron chi connectivity index (χ0n) is 8.86. The topological polar surface area (TPSA) is 58.2 Å². The van der Waals surface area contributed by atoms with E-state index < -0.39 is 0 Å². The van der Waals surface area contributed by atoms with Crippen molar-refractivity contribution in [2.24, 2.45) is 5.92 Å². The van der Waals surface area contributed by atoms with Crippen LogP contribution in [0, 0.1) is 5.92 Å². The molecule has 5 heteroatoms. The van der Waals surface area contributed by atoms with E-state index in [1.165, 1.54) is 4.88 Å². The molecule has 1 unspecified atom stereocenters. The third-order valence-electron chi connectivity index (χ3n) is 2.60. The minimum atomic E-state index is -0.184. The molecule has 1 atom stereocenters. The number of carbonyl (C=O) groups excluding carboxylic acids is 2. The number of amides is 2. The van der Waals surface area contributed by atoms with Gasteiger partial charge in [0.25, 0.3) is 0 Å². The molecule has 0 bridgehead atoms. The molecular formula is C11H14N2O2S. The van der Waals surface area contributed by atoms with Crippen molar-refractivity contribution >= 4 is 23.2 Å². The van der Waals surface area contributed by atoms with Crippen LogP contribution < -0.4 is 10.6 Å². The molecule has 2 heterocycles. The minimum Gasteiger partial charge on any atom is -0.355 e. The Bertz CT molecular complexity index is 375. The highest BCUT2D eigenvalue weighted by Crippen LogP contribution is 2.10. The van der Waals surface area contributed by atoms with Crippen LogP contribution in [0.4, 0.5) is 0 Å². The monoisotopic (exact) mass is 238 g/mol. The summed E-state index contributed by atoms with van der Waals surface area (Å²) < 4.78 is 0. The van der Waals surface area contributed by atoms with E-state index in [-0.39, 0.29) is 17.7 Å². The first-order valence-corrected chi connectivity index (χ1v) is 6.20. The van der Waals surface area contributed by atoms with Gasteiger partial charge in [-0.25, -0.2) is 0 Å². The van der Waals surface area contributed by atoms with E-state index in [4.69, 9.17) is 0 Å². The van der Waals surface area contributed by atoms with Gasteiger partial charge in [0, 0.05) is 24.4 Å². The molecule has 0 aromatic carbocycles. The highest BCUT2D eigenvalue weighted by molar-refractivity contribution is 7.09. The van der Waals surface area contributed by atoms with Crippen molar-refractivity contribution in [3.8, 4) is 0 Å². The zero-order chi connectivity index (χ0) is 11.4. The lowest BCUT2D eigenvalue weighted by Gasteiger charge is -2.08. The van der Waals surface area contributed by atoms with Crippen LogP contribution in [0.25, 0.3) is 0 Å². The lowest BCUT2D eigenvalue weighted by atomic mass is 10.1. The molecule has 16 heavy (non-hydrogen) atoms. The summed E-state index contributed by atoms with van der Waals surface area (Å²) in [6, 6.07) is 4.05. The highest BCUT2D eigenvalue weighted by Gasteiger charge is 2.27. The van der Waals surface area contributed by atoms with E-state index in [2.05, 4.69) is 16.7 Å². The Balaban J connectivity index is 1.70. The number of rotatable bonds is 4. The van der Waals surface area contributed by atoms with E-state index in [1.807, 2.05) is 11.4 Å². The first-order valence-electron chi connectivity index (χ1n) is 5.32. The van der Waals surface area contributed by atoms with Crippen LogP contribution in [0.5, 0.6) is 0 Å². The van der Waals surface area contributed by atoms with Gasteiger partial charge < -0.3 is 10.6 Å². The molecule has 2 rings (SSSR count). The average molecular weight is 238 g/mol. The summed E-state index contributed by atoms with van der Waals surface area (Å²) in [6.45, 7) is 1.12. The number of nitrogens with one attached hydrogen (secondary N) is 2. The fourth-order valence-electron chi connectivity index (χ4n) is 1.70. The fraction of sp³-hybridized carbons (Fsp3) is 0.455. The van der Waals surface area contributed by atoms with Gasteiger partial charge in [-0.05, 0) is 17.9 Å². The zero-order valence-corrected chi connectivity index (χ0v) is 9.68. The quantitative estimate of drug-likeness (QED) is 0.804. The number of carbonyl (C=O) groups is 2. The van der Waals surface area contributed by atoms with Crippen LogP contribution in [0.2, 0.25) is 0 Å². The van der Waals surface area contributed by atoms with E-state index in [9.17, 15) is 9.59 Å². The molecule has 1 aromatic heterocycles. The van der Waals surface area contributed by atoms with Gasteiger partial charge in [0.1, 0.15) is 0 Å². The molecule has 0 saturated carbocycles. The SMILES string of the molecule is O=C1CC(C(=O)NCCc2cccs2)CN1. The van der Waals surface area contributed by atoms with Gasteiger partial charge in [-0.3, -0.25) is 9.59 Å². The first-order chi connectivity index (χ1) is 7.75. The van der Waals surface area contributed by atoms with Gasteiger partial charge in [-0.2, -0.15) is 0 Å². The summed E-state index contributed by atoms with van der Waals surface area (Å²) in [7, 11) is 0. The molecule has 86 valence electrons. The molecule has 1 saturated heterocycles. The maximum absolute atomic E-state index is 11.6. The van der Waals surface area contributed by atoms with Gasteiger partial charge in [-0.15, -0.1) is 11.3 Å². The van der Waals surface area contributed by atoms with Gasteiger partial charge in [-0.1, -0.05) is 6.07 Å². The molecule has 1 aliphatic rings. The summed E-state index contributed by atoms with van der Waals surface area (Å²) in [6.07, 6.45) is 1.18. The molecule has 4 nitrogen and oxygen atoms in total. The molecular weight excluding hydrogens is 224 g/mol. The lowest BCUT2D eigenvalue weighted by Crippen LogP contribution is -2.33. The van der Waals surface area contributed by atoms with Crippen molar-refractivity contribution in [2.75, 3.05) is 13.1 Å². The van der Waals surface area contributed by atoms with Gasteiger partial charge in [0.2, 0.25) is 11.8 Å². The molecule has 0 spiro atoms. The van der Waals surface area contributed by atoms with Crippen LogP contribution in [-0.2, 0) is 16.0 Å². The predicted molar refractivity (Wildman–Crippen MR) is 62.1 cm³/mol. The second kappa shape index (κ2) is 5.12. The second-order valence-electron chi connectivity index (χ2n) is 3.83. The highest BCUT2D eigenvalue weighted by atomic mass is 32.1. The van der Waals surface area contributed by atoms with E-state index in [0.29, 0.717) is 19.5 Å². The van der Waals surface area contributed by atoms with Crippen LogP contribution in [0.15, 0.2) is 17.5 Å². The average Bonchev–Trinajstić information content (AvgIpc) is 2.89. The maximum Gasteiger partial charge on any atom is 0.225 e. The Hall–Kier alpha value is -1.36. The smallest absolute Gasteiger partial charge is 0.225 e. The van der Waals surface area contributed by atoms with Crippen molar-refractivity contribution in [3.05, 3.63) is 22.4 Å². The molecule has 1 fully saturated rings. The fourth-order valence-corrected chi connectivity index (χ4v) is 2.41. The minimum absolute atomic E-state index is 0.0186. The standard InChI is InChI=1S/C11H14N2O2S/c14-10-6-8(7-13-10)11(15)12-4-3-9-2-1-5-16-9/h1-2,5,8H,3-4,6-7H2,(H,12,15)(H,13,14). The van der Waals surface area contributed by atoms with Crippen LogP contribution >= 0.6 is 11.3 Å². The Morgan fingerprint density at radius 3 is 3.12 bits per heavy atom. The molecule has 1 aliphatic heterocycles. The molecule has 0 aliphatic carbocycles. The summed E-state index contributed by atoms with van der Waals surface area (Å²) in [5.41, 5.74) is 0. The van der Waals surface area contributed by atoms with E-state index in [1.54, 1.807) is 11.3 Å². The number of hydrogen-bond donors (Lipinski definition) is 2. The van der Waals surface area contributed by atoms with Crippen molar-refractivity contribution in [1.29, 1.82) is 0 Å². The summed E-state index contributed by atoms with van der Waals surface area (Å²) in [5.74, 6) is -0.232. The Morgan fingerprint density at radius 2 is 2.50 bits per heavy atom. The summed E-state index contributed by atoms with van der Waals surface area (Å²) >= 11 is 1.69. The van der Waals surface area contributed by atoms with Crippen molar-refractivity contribution < 1.29 is 9.59 Å². The lowest BCUT2D eigenvalue weighted by molar-refractivity contribution is -0.126. The molecule has 2 N–H and O–H groups in total. The van der Waals surface area contributed by atoms with Crippen molar-refractivity contribution in [3.63, 3.8) is 0 Å². The third kappa shape index (κ3) is 2.82. The van der Waals surface area contributed by atoms with Gasteiger partial charge in [0.05, 0.1) is 5.92 Å².